The van der Waals surface area contributed by atoms with Gasteiger partial charge >= 0.3 is 0 Å². The van der Waals surface area contributed by atoms with E-state index in [4.69, 9.17) is 16.3 Å². The lowest BCUT2D eigenvalue weighted by Gasteiger charge is -2.40. The molecule has 3 heterocycles. The van der Waals surface area contributed by atoms with Crippen LogP contribution in [0.4, 0.5) is 0 Å². The van der Waals surface area contributed by atoms with Gasteiger partial charge in [0.25, 0.3) is 5.91 Å². The molecule has 0 bridgehead atoms. The smallest absolute Gasteiger partial charge is 0.272 e. The largest absolute Gasteiger partial charge is 0.375 e. The summed E-state index contributed by atoms with van der Waals surface area (Å²) in [5.74, 6) is -0.0408. The summed E-state index contributed by atoms with van der Waals surface area (Å²) < 4.78 is 6.02. The van der Waals surface area contributed by atoms with E-state index in [2.05, 4.69) is 28.9 Å². The minimum Gasteiger partial charge on any atom is -0.375 e. The Hall–Kier alpha value is -1.21. The number of hydrogen-bond acceptors (Lipinski definition) is 5. The van der Waals surface area contributed by atoms with E-state index in [0.717, 1.165) is 45.6 Å². The molecule has 1 amide bonds. The number of carbonyl (C=O) groups is 1. The molecule has 0 radical (unpaired) electrons. The summed E-state index contributed by atoms with van der Waals surface area (Å²) in [5.41, 5.74) is 0.419. The first-order valence-corrected chi connectivity index (χ1v) is 9.34. The first-order valence-electron chi connectivity index (χ1n) is 8.97. The highest BCUT2D eigenvalue weighted by Crippen LogP contribution is 2.24. The summed E-state index contributed by atoms with van der Waals surface area (Å²) in [7, 11) is 4.20. The number of morpholine rings is 1. The summed E-state index contributed by atoms with van der Waals surface area (Å²) in [5, 5.41) is 0.354. The molecule has 0 saturated carbocycles. The molecule has 0 aromatic carbocycles. The zero-order valence-electron chi connectivity index (χ0n) is 15.0. The fourth-order valence-corrected chi connectivity index (χ4v) is 3.82. The zero-order chi connectivity index (χ0) is 17.8. The number of likely N-dealkylation sites (tertiary alicyclic amines) is 1. The molecule has 2 unspecified atom stereocenters. The van der Waals surface area contributed by atoms with Crippen LogP contribution in [0.2, 0.25) is 5.15 Å². The lowest BCUT2D eigenvalue weighted by atomic mass is 10.0. The molecular formula is C18H27ClN4O2. The maximum atomic E-state index is 12.8. The molecule has 1 aromatic rings. The Morgan fingerprint density at radius 3 is 2.88 bits per heavy atom. The van der Waals surface area contributed by atoms with E-state index < -0.39 is 0 Å². The Labute approximate surface area is 154 Å². The number of hydrogen-bond donors (Lipinski definition) is 0. The quantitative estimate of drug-likeness (QED) is 0.757. The lowest BCUT2D eigenvalue weighted by Crippen LogP contribution is -2.52. The van der Waals surface area contributed by atoms with Crippen LogP contribution in [0, 0.1) is 0 Å². The second kappa shape index (κ2) is 8.45. The van der Waals surface area contributed by atoms with Crippen molar-refractivity contribution >= 4 is 17.5 Å². The van der Waals surface area contributed by atoms with Crippen molar-refractivity contribution in [2.45, 2.75) is 25.0 Å². The molecule has 2 atom stereocenters. The van der Waals surface area contributed by atoms with Crippen molar-refractivity contribution in [3.05, 3.63) is 29.0 Å². The highest BCUT2D eigenvalue weighted by molar-refractivity contribution is 6.29. The number of nitrogens with zero attached hydrogens (tertiary/aromatic N) is 4. The molecule has 0 spiro atoms. The van der Waals surface area contributed by atoms with Gasteiger partial charge in [-0.2, -0.15) is 0 Å². The second-order valence-corrected chi connectivity index (χ2v) is 7.42. The molecule has 1 aromatic heterocycles. The predicted octanol–water partition coefficient (Wildman–Crippen LogP) is 1.60. The van der Waals surface area contributed by atoms with Crippen molar-refractivity contribution in [3.63, 3.8) is 0 Å². The van der Waals surface area contributed by atoms with Crippen molar-refractivity contribution in [2.24, 2.45) is 0 Å². The van der Waals surface area contributed by atoms with Gasteiger partial charge in [-0.3, -0.25) is 9.69 Å². The average molecular weight is 367 g/mol. The van der Waals surface area contributed by atoms with E-state index >= 15 is 0 Å². The monoisotopic (exact) mass is 366 g/mol. The third kappa shape index (κ3) is 4.70. The van der Waals surface area contributed by atoms with Gasteiger partial charge in [-0.1, -0.05) is 17.7 Å². The molecular weight excluding hydrogens is 340 g/mol. The predicted molar refractivity (Wildman–Crippen MR) is 98.0 cm³/mol. The first-order chi connectivity index (χ1) is 12.0. The van der Waals surface area contributed by atoms with E-state index in [1.54, 1.807) is 18.2 Å². The Bertz CT molecular complexity index is 598. The normalized spacial score (nSPS) is 24.9. The molecule has 2 fully saturated rings. The van der Waals surface area contributed by atoms with Crippen LogP contribution < -0.4 is 0 Å². The maximum Gasteiger partial charge on any atom is 0.272 e. The standard InChI is InChI=1S/C18H27ClN4O2/c1-21(2)10-11-22-12-13-25-16-7-9-23(8-6-15(16)22)18(24)14-4-3-5-17(19)20-14/h3-5,15-16H,6-13H2,1-2H3. The van der Waals surface area contributed by atoms with Crippen LogP contribution in [0.3, 0.4) is 0 Å². The van der Waals surface area contributed by atoms with Gasteiger partial charge in [-0.05, 0) is 39.1 Å². The molecule has 7 heteroatoms. The van der Waals surface area contributed by atoms with E-state index in [1.807, 2.05) is 4.90 Å². The summed E-state index contributed by atoms with van der Waals surface area (Å²) >= 11 is 5.93. The molecule has 3 rings (SSSR count). The van der Waals surface area contributed by atoms with Crippen molar-refractivity contribution < 1.29 is 9.53 Å². The molecule has 0 N–H and O–H groups in total. The molecule has 2 aliphatic rings. The summed E-state index contributed by atoms with van der Waals surface area (Å²) in [4.78, 5) is 23.5. The highest BCUT2D eigenvalue weighted by atomic mass is 35.5. The zero-order valence-corrected chi connectivity index (χ0v) is 15.8. The van der Waals surface area contributed by atoms with Crippen LogP contribution in [0.5, 0.6) is 0 Å². The van der Waals surface area contributed by atoms with E-state index in [9.17, 15) is 4.79 Å². The van der Waals surface area contributed by atoms with Gasteiger partial charge in [0, 0.05) is 38.8 Å². The number of aromatic nitrogens is 1. The van der Waals surface area contributed by atoms with Gasteiger partial charge in [0.1, 0.15) is 10.8 Å². The fourth-order valence-electron chi connectivity index (χ4n) is 3.66. The Kier molecular flexibility index (Phi) is 6.28. The minimum atomic E-state index is -0.0408. The van der Waals surface area contributed by atoms with Gasteiger partial charge in [0.05, 0.1) is 12.7 Å². The van der Waals surface area contributed by atoms with Crippen molar-refractivity contribution in [1.82, 2.24) is 19.7 Å². The van der Waals surface area contributed by atoms with E-state index in [1.165, 1.54) is 0 Å². The molecule has 25 heavy (non-hydrogen) atoms. The Morgan fingerprint density at radius 2 is 2.12 bits per heavy atom. The number of rotatable bonds is 4. The third-order valence-electron chi connectivity index (χ3n) is 5.04. The van der Waals surface area contributed by atoms with Crippen LogP contribution in [0.15, 0.2) is 18.2 Å². The van der Waals surface area contributed by atoms with Gasteiger partial charge in [-0.15, -0.1) is 0 Å². The molecule has 2 saturated heterocycles. The molecule has 2 aliphatic heterocycles. The number of pyridine rings is 1. The van der Waals surface area contributed by atoms with Crippen molar-refractivity contribution in [2.75, 3.05) is 53.4 Å². The van der Waals surface area contributed by atoms with E-state index in [-0.39, 0.29) is 12.0 Å². The minimum absolute atomic E-state index is 0.0408. The van der Waals surface area contributed by atoms with E-state index in [0.29, 0.717) is 23.4 Å². The van der Waals surface area contributed by atoms with Crippen molar-refractivity contribution in [3.8, 4) is 0 Å². The fraction of sp³-hybridized carbons (Fsp3) is 0.667. The SMILES string of the molecule is CN(C)CCN1CCOC2CCN(C(=O)c3cccc(Cl)n3)CCC21. The summed E-state index contributed by atoms with van der Waals surface area (Å²) in [6.07, 6.45) is 2.01. The van der Waals surface area contributed by atoms with Crippen LogP contribution in [-0.4, -0.2) is 91.2 Å². The lowest BCUT2D eigenvalue weighted by molar-refractivity contribution is -0.0724. The first kappa shape index (κ1) is 18.6. The molecule has 6 nitrogen and oxygen atoms in total. The Morgan fingerprint density at radius 1 is 1.32 bits per heavy atom. The topological polar surface area (TPSA) is 48.9 Å². The number of carbonyl (C=O) groups excluding carboxylic acids is 1. The number of fused-ring (bicyclic) bond motifs is 1. The third-order valence-corrected chi connectivity index (χ3v) is 5.25. The van der Waals surface area contributed by atoms with Crippen LogP contribution >= 0.6 is 11.6 Å². The van der Waals surface area contributed by atoms with Gasteiger partial charge in [0.2, 0.25) is 0 Å². The number of amides is 1. The van der Waals surface area contributed by atoms with Crippen LogP contribution in [0.1, 0.15) is 23.3 Å². The molecule has 138 valence electrons. The van der Waals surface area contributed by atoms with Gasteiger partial charge < -0.3 is 14.5 Å². The summed E-state index contributed by atoms with van der Waals surface area (Å²) in [6.45, 7) is 5.27. The van der Waals surface area contributed by atoms with Gasteiger partial charge in [-0.25, -0.2) is 4.98 Å². The maximum absolute atomic E-state index is 12.8. The number of ether oxygens (including phenoxy) is 1. The number of halogens is 1. The molecule has 0 aliphatic carbocycles. The van der Waals surface area contributed by atoms with Gasteiger partial charge in [0.15, 0.2) is 0 Å². The summed E-state index contributed by atoms with van der Waals surface area (Å²) in [6, 6.07) is 5.57. The van der Waals surface area contributed by atoms with Crippen molar-refractivity contribution in [1.29, 1.82) is 0 Å². The Balaban J connectivity index is 1.65. The second-order valence-electron chi connectivity index (χ2n) is 7.03. The van der Waals surface area contributed by atoms with Crippen LogP contribution in [-0.2, 0) is 4.74 Å². The highest BCUT2D eigenvalue weighted by Gasteiger charge is 2.35. The number of likely N-dealkylation sites (N-methyl/N-ethyl adjacent to an activating group) is 1. The average Bonchev–Trinajstić information content (AvgIpc) is 2.82. The van der Waals surface area contributed by atoms with Crippen LogP contribution in [0.25, 0.3) is 0 Å².